The van der Waals surface area contributed by atoms with E-state index in [9.17, 15) is 14.4 Å². The van der Waals surface area contributed by atoms with Crippen molar-refractivity contribution in [2.24, 2.45) is 0 Å². The van der Waals surface area contributed by atoms with E-state index in [1.54, 1.807) is 4.90 Å². The standard InChI is InChI=1S/C25H38N6O3/c1-4-6-11-31-23(26)22(24(33)27-25(31)34)30(10-5-2)18-21(32)29-14-12-28(13-15-29)17-20-9-7-8-19(3)16-20/h7-9,16H,4-6,10-15,17-18,26H2,1-3H3,(H,27,33,34). The topological polar surface area (TPSA) is 108 Å². The predicted octanol–water partition coefficient (Wildman–Crippen LogP) is 1.79. The summed E-state index contributed by atoms with van der Waals surface area (Å²) >= 11 is 0. The number of nitrogen functional groups attached to an aromatic ring is 1. The average Bonchev–Trinajstić information content (AvgIpc) is 2.79. The Morgan fingerprint density at radius 1 is 1.12 bits per heavy atom. The van der Waals surface area contributed by atoms with Gasteiger partial charge in [0.25, 0.3) is 5.56 Å². The second kappa shape index (κ2) is 11.9. The normalized spacial score (nSPS) is 14.4. The number of nitrogens with one attached hydrogen (secondary N) is 1. The Balaban J connectivity index is 1.68. The highest BCUT2D eigenvalue weighted by Crippen LogP contribution is 2.18. The fraction of sp³-hybridized carbons (Fsp3) is 0.560. The number of carbonyl (C=O) groups is 1. The zero-order valence-corrected chi connectivity index (χ0v) is 20.7. The summed E-state index contributed by atoms with van der Waals surface area (Å²) in [5, 5.41) is 0. The van der Waals surface area contributed by atoms with E-state index < -0.39 is 11.2 Å². The van der Waals surface area contributed by atoms with Crippen LogP contribution in [0.15, 0.2) is 33.9 Å². The summed E-state index contributed by atoms with van der Waals surface area (Å²) in [7, 11) is 0. The average molecular weight is 471 g/mol. The molecule has 1 aromatic carbocycles. The maximum atomic E-state index is 13.2. The van der Waals surface area contributed by atoms with E-state index in [1.165, 1.54) is 15.7 Å². The number of unbranched alkanes of at least 4 members (excludes halogenated alkanes) is 1. The van der Waals surface area contributed by atoms with Gasteiger partial charge in [0.2, 0.25) is 5.91 Å². The molecule has 3 N–H and O–H groups in total. The zero-order valence-electron chi connectivity index (χ0n) is 20.7. The van der Waals surface area contributed by atoms with Gasteiger partial charge in [-0.15, -0.1) is 0 Å². The van der Waals surface area contributed by atoms with Gasteiger partial charge in [-0.25, -0.2) is 4.79 Å². The molecule has 0 spiro atoms. The lowest BCUT2D eigenvalue weighted by molar-refractivity contribution is -0.131. The van der Waals surface area contributed by atoms with Gasteiger partial charge in [0.1, 0.15) is 11.5 Å². The Morgan fingerprint density at radius 3 is 2.50 bits per heavy atom. The van der Waals surface area contributed by atoms with E-state index in [-0.39, 0.29) is 24.0 Å². The molecule has 34 heavy (non-hydrogen) atoms. The Morgan fingerprint density at radius 2 is 1.85 bits per heavy atom. The fourth-order valence-corrected chi connectivity index (χ4v) is 4.45. The Labute approximate surface area is 201 Å². The number of aromatic nitrogens is 2. The van der Waals surface area contributed by atoms with Crippen LogP contribution in [0.4, 0.5) is 11.5 Å². The third-order valence-electron chi connectivity index (χ3n) is 6.30. The van der Waals surface area contributed by atoms with Gasteiger partial charge in [0, 0.05) is 45.8 Å². The van der Waals surface area contributed by atoms with Gasteiger partial charge in [0.05, 0.1) is 6.54 Å². The number of amides is 1. The molecule has 0 aliphatic carbocycles. The van der Waals surface area contributed by atoms with Gasteiger partial charge in [-0.3, -0.25) is 24.0 Å². The molecule has 1 saturated heterocycles. The third kappa shape index (κ3) is 6.28. The van der Waals surface area contributed by atoms with Crippen LogP contribution in [-0.2, 0) is 17.9 Å². The third-order valence-corrected chi connectivity index (χ3v) is 6.30. The fourth-order valence-electron chi connectivity index (χ4n) is 4.45. The number of anilines is 2. The van der Waals surface area contributed by atoms with Crippen LogP contribution in [0, 0.1) is 6.92 Å². The SMILES string of the molecule is CCCCn1c(N)c(N(CCC)CC(=O)N2CCN(Cc3cccc(C)c3)CC2)c(=O)[nH]c1=O. The summed E-state index contributed by atoms with van der Waals surface area (Å²) in [4.78, 5) is 46.4. The number of piperazine rings is 1. The lowest BCUT2D eigenvalue weighted by atomic mass is 10.1. The van der Waals surface area contributed by atoms with Gasteiger partial charge in [-0.05, 0) is 25.3 Å². The van der Waals surface area contributed by atoms with Crippen molar-refractivity contribution in [2.75, 3.05) is 49.9 Å². The first kappa shape index (κ1) is 25.6. The molecular formula is C25H38N6O3. The van der Waals surface area contributed by atoms with Gasteiger partial charge in [-0.2, -0.15) is 0 Å². The quantitative estimate of drug-likeness (QED) is 0.548. The Hall–Kier alpha value is -3.07. The number of aryl methyl sites for hydroxylation is 1. The second-order valence-electron chi connectivity index (χ2n) is 9.07. The highest BCUT2D eigenvalue weighted by molar-refractivity contribution is 5.82. The number of nitrogens with zero attached hydrogens (tertiary/aromatic N) is 4. The van der Waals surface area contributed by atoms with E-state index in [2.05, 4.69) is 41.1 Å². The van der Waals surface area contributed by atoms with Crippen LogP contribution in [0.5, 0.6) is 0 Å². The molecule has 3 rings (SSSR count). The molecule has 2 aromatic rings. The highest BCUT2D eigenvalue weighted by atomic mass is 16.2. The number of aromatic amines is 1. The van der Waals surface area contributed by atoms with Crippen molar-refractivity contribution in [3.63, 3.8) is 0 Å². The monoisotopic (exact) mass is 470 g/mol. The number of rotatable bonds is 10. The number of carbonyl (C=O) groups excluding carboxylic acids is 1. The molecule has 9 heteroatoms. The van der Waals surface area contributed by atoms with Gasteiger partial charge >= 0.3 is 5.69 Å². The highest BCUT2D eigenvalue weighted by Gasteiger charge is 2.25. The summed E-state index contributed by atoms with van der Waals surface area (Å²) < 4.78 is 1.40. The van der Waals surface area contributed by atoms with Crippen molar-refractivity contribution in [2.45, 2.75) is 53.1 Å². The summed E-state index contributed by atoms with van der Waals surface area (Å²) in [6, 6.07) is 8.50. The zero-order chi connectivity index (χ0) is 24.7. The minimum Gasteiger partial charge on any atom is -0.383 e. The summed E-state index contributed by atoms with van der Waals surface area (Å²) in [5.41, 5.74) is 7.97. The minimum absolute atomic E-state index is 0.0336. The molecule has 186 valence electrons. The first-order valence-electron chi connectivity index (χ1n) is 12.3. The molecule has 1 aliphatic heterocycles. The number of benzene rings is 1. The molecule has 0 bridgehead atoms. The molecule has 9 nitrogen and oxygen atoms in total. The Kier molecular flexibility index (Phi) is 8.92. The van der Waals surface area contributed by atoms with Crippen LogP contribution in [0.2, 0.25) is 0 Å². The van der Waals surface area contributed by atoms with Crippen LogP contribution in [0.1, 0.15) is 44.2 Å². The van der Waals surface area contributed by atoms with E-state index >= 15 is 0 Å². The molecule has 0 radical (unpaired) electrons. The molecule has 1 aliphatic rings. The first-order chi connectivity index (χ1) is 16.3. The number of hydrogen-bond acceptors (Lipinski definition) is 6. The molecule has 1 fully saturated rings. The molecule has 1 amide bonds. The molecular weight excluding hydrogens is 432 g/mol. The molecule has 0 unspecified atom stereocenters. The predicted molar refractivity (Wildman–Crippen MR) is 136 cm³/mol. The first-order valence-corrected chi connectivity index (χ1v) is 12.3. The van der Waals surface area contributed by atoms with Crippen LogP contribution < -0.4 is 21.9 Å². The minimum atomic E-state index is -0.542. The number of nitrogens with two attached hydrogens (primary N) is 1. The van der Waals surface area contributed by atoms with Crippen molar-refractivity contribution < 1.29 is 4.79 Å². The van der Waals surface area contributed by atoms with Crippen molar-refractivity contribution in [3.05, 3.63) is 56.2 Å². The van der Waals surface area contributed by atoms with Gasteiger partial charge in [-0.1, -0.05) is 50.1 Å². The summed E-state index contributed by atoms with van der Waals surface area (Å²) in [5.74, 6) is 0.0974. The number of hydrogen-bond donors (Lipinski definition) is 2. The van der Waals surface area contributed by atoms with E-state index in [0.717, 1.165) is 38.9 Å². The van der Waals surface area contributed by atoms with Crippen molar-refractivity contribution in [1.29, 1.82) is 0 Å². The van der Waals surface area contributed by atoms with E-state index in [0.29, 0.717) is 26.2 Å². The van der Waals surface area contributed by atoms with Gasteiger partial charge < -0.3 is 15.5 Å². The van der Waals surface area contributed by atoms with Crippen molar-refractivity contribution >= 4 is 17.4 Å². The van der Waals surface area contributed by atoms with Crippen molar-refractivity contribution in [1.82, 2.24) is 19.4 Å². The summed E-state index contributed by atoms with van der Waals surface area (Å²) in [6.07, 6.45) is 2.41. The molecule has 0 saturated carbocycles. The van der Waals surface area contributed by atoms with Gasteiger partial charge in [0.15, 0.2) is 0 Å². The van der Waals surface area contributed by atoms with Crippen LogP contribution in [0.25, 0.3) is 0 Å². The lowest BCUT2D eigenvalue weighted by Gasteiger charge is -2.36. The Bertz CT molecular complexity index is 1080. The van der Waals surface area contributed by atoms with Crippen LogP contribution in [-0.4, -0.2) is 64.5 Å². The van der Waals surface area contributed by atoms with E-state index in [1.807, 2.05) is 18.7 Å². The second-order valence-corrected chi connectivity index (χ2v) is 9.07. The maximum absolute atomic E-state index is 13.2. The lowest BCUT2D eigenvalue weighted by Crippen LogP contribution is -2.51. The summed E-state index contributed by atoms with van der Waals surface area (Å²) in [6.45, 7) is 10.9. The smallest absolute Gasteiger partial charge is 0.330 e. The van der Waals surface area contributed by atoms with Crippen molar-refractivity contribution in [3.8, 4) is 0 Å². The van der Waals surface area contributed by atoms with Crippen LogP contribution >= 0.6 is 0 Å². The molecule has 1 aromatic heterocycles. The number of H-pyrrole nitrogens is 1. The maximum Gasteiger partial charge on any atom is 0.330 e. The van der Waals surface area contributed by atoms with E-state index in [4.69, 9.17) is 5.73 Å². The molecule has 2 heterocycles. The largest absolute Gasteiger partial charge is 0.383 e. The van der Waals surface area contributed by atoms with Crippen LogP contribution in [0.3, 0.4) is 0 Å². The molecule has 0 atom stereocenters.